The molecule has 0 radical (unpaired) electrons. The molecule has 2 saturated heterocycles. The monoisotopic (exact) mass is 534 g/mol. The summed E-state index contributed by atoms with van der Waals surface area (Å²) >= 11 is 0.847. The number of carbonyl (C=O) groups excluding carboxylic acids is 3. The van der Waals surface area contributed by atoms with Crippen LogP contribution in [0.5, 0.6) is 0 Å². The lowest BCUT2D eigenvalue weighted by atomic mass is 10.2. The molecule has 0 saturated carbocycles. The Hall–Kier alpha value is -3.94. The van der Waals surface area contributed by atoms with Gasteiger partial charge in [0, 0.05) is 47.2 Å². The minimum atomic E-state index is -0.611. The molecule has 0 bridgehead atoms. The fraction of sp³-hybridized carbons (Fsp3) is 0.435. The summed E-state index contributed by atoms with van der Waals surface area (Å²) in [5.74, 6) is -1.05. The summed E-state index contributed by atoms with van der Waals surface area (Å²) < 4.78 is 20.3. The molecule has 0 aliphatic carbocycles. The van der Waals surface area contributed by atoms with Gasteiger partial charge in [-0.2, -0.15) is 0 Å². The molecule has 3 amide bonds. The van der Waals surface area contributed by atoms with Crippen LogP contribution < -0.4 is 20.0 Å². The van der Waals surface area contributed by atoms with E-state index in [1.54, 1.807) is 32.3 Å². The number of rotatable bonds is 7. The van der Waals surface area contributed by atoms with Crippen LogP contribution in [0.2, 0.25) is 0 Å². The van der Waals surface area contributed by atoms with Crippen LogP contribution in [-0.2, 0) is 9.53 Å². The maximum Gasteiger partial charge on any atom is 0.414 e. The van der Waals surface area contributed by atoms with Crippen molar-refractivity contribution < 1.29 is 28.4 Å². The predicted molar refractivity (Wildman–Crippen MR) is 136 cm³/mol. The smallest absolute Gasteiger partial charge is 0.414 e. The van der Waals surface area contributed by atoms with Gasteiger partial charge in [-0.3, -0.25) is 24.6 Å². The number of thiophene rings is 1. The number of hydrogen-bond donors (Lipinski definition) is 1. The zero-order valence-electron chi connectivity index (χ0n) is 20.6. The van der Waals surface area contributed by atoms with Gasteiger partial charge in [0.2, 0.25) is 5.91 Å². The molecular formula is C23H27FN6O6S. The number of nitro groups is 1. The molecule has 4 rings (SSSR count). The SMILES string of the molecule is CC(=O)NC[C@H]1CN(c2ccc(N3CCN(c4cc(C(=O)N(C)C)sc4[N+](=O)[O-])CC3)c(F)c2)C(=O)O1. The minimum absolute atomic E-state index is 0.0940. The van der Waals surface area contributed by atoms with Gasteiger partial charge in [-0.15, -0.1) is 0 Å². The van der Waals surface area contributed by atoms with Gasteiger partial charge in [0.15, 0.2) is 0 Å². The van der Waals surface area contributed by atoms with Crippen molar-refractivity contribution in [1.82, 2.24) is 10.2 Å². The fourth-order valence-corrected chi connectivity index (χ4v) is 5.28. The van der Waals surface area contributed by atoms with Crippen LogP contribution in [0.1, 0.15) is 16.6 Å². The second-order valence-electron chi connectivity index (χ2n) is 8.92. The molecule has 1 N–H and O–H groups in total. The average Bonchev–Trinajstić information content (AvgIpc) is 3.46. The van der Waals surface area contributed by atoms with Crippen molar-refractivity contribution in [3.63, 3.8) is 0 Å². The number of benzene rings is 1. The van der Waals surface area contributed by atoms with E-state index in [1.165, 1.54) is 22.8 Å². The molecule has 198 valence electrons. The van der Waals surface area contributed by atoms with Crippen molar-refractivity contribution in [3.05, 3.63) is 45.1 Å². The van der Waals surface area contributed by atoms with Gasteiger partial charge in [0.05, 0.1) is 29.4 Å². The molecule has 3 heterocycles. The number of piperazine rings is 1. The molecule has 2 aliphatic heterocycles. The molecule has 2 aromatic rings. The Bertz CT molecular complexity index is 1230. The summed E-state index contributed by atoms with van der Waals surface area (Å²) in [7, 11) is 3.17. The topological polar surface area (TPSA) is 129 Å². The molecule has 0 spiro atoms. The highest BCUT2D eigenvalue weighted by molar-refractivity contribution is 7.17. The lowest BCUT2D eigenvalue weighted by molar-refractivity contribution is -0.379. The predicted octanol–water partition coefficient (Wildman–Crippen LogP) is 2.29. The zero-order chi connectivity index (χ0) is 26.9. The maximum absolute atomic E-state index is 15.1. The van der Waals surface area contributed by atoms with Crippen LogP contribution in [0.3, 0.4) is 0 Å². The van der Waals surface area contributed by atoms with E-state index in [9.17, 15) is 24.5 Å². The largest absolute Gasteiger partial charge is 0.442 e. The molecule has 2 aliphatic rings. The first-order chi connectivity index (χ1) is 17.5. The molecule has 12 nitrogen and oxygen atoms in total. The number of ether oxygens (including phenoxy) is 1. The number of nitrogens with one attached hydrogen (secondary N) is 1. The standard InChI is InChI=1S/C23H27FN6O6S/c1-14(31)25-12-16-13-29(23(33)36-16)15-4-5-18(17(24)10-15)27-6-8-28(9-7-27)19-11-20(21(32)26(2)3)37-22(19)30(34)35/h4-5,10-11,16H,6-9,12-13H2,1-3H3,(H,25,31)/t16-/m0/s1. The molecule has 1 aromatic carbocycles. The van der Waals surface area contributed by atoms with E-state index in [-0.39, 0.29) is 34.8 Å². The first-order valence-corrected chi connectivity index (χ1v) is 12.4. The van der Waals surface area contributed by atoms with Crippen molar-refractivity contribution in [2.24, 2.45) is 0 Å². The lowest BCUT2D eigenvalue weighted by Crippen LogP contribution is -2.46. The Labute approximate surface area is 216 Å². The zero-order valence-corrected chi connectivity index (χ0v) is 21.4. The Morgan fingerprint density at radius 1 is 1.19 bits per heavy atom. The van der Waals surface area contributed by atoms with E-state index in [2.05, 4.69) is 5.32 Å². The van der Waals surface area contributed by atoms with E-state index >= 15 is 4.39 Å². The van der Waals surface area contributed by atoms with Crippen LogP contribution >= 0.6 is 11.3 Å². The van der Waals surface area contributed by atoms with Gasteiger partial charge in [-0.05, 0) is 24.3 Å². The second kappa shape index (κ2) is 10.6. The Balaban J connectivity index is 1.43. The second-order valence-corrected chi connectivity index (χ2v) is 9.95. The van der Waals surface area contributed by atoms with Crippen LogP contribution in [0.15, 0.2) is 24.3 Å². The van der Waals surface area contributed by atoms with Crippen molar-refractivity contribution in [3.8, 4) is 0 Å². The van der Waals surface area contributed by atoms with Crippen LogP contribution in [0.25, 0.3) is 0 Å². The number of cyclic esters (lactones) is 1. The minimum Gasteiger partial charge on any atom is -0.442 e. The number of anilines is 3. The number of halogens is 1. The third kappa shape index (κ3) is 5.58. The summed E-state index contributed by atoms with van der Waals surface area (Å²) in [6.07, 6.45) is -1.14. The van der Waals surface area contributed by atoms with Crippen LogP contribution in [-0.4, -0.2) is 87.2 Å². The van der Waals surface area contributed by atoms with E-state index in [0.29, 0.717) is 43.2 Å². The summed E-state index contributed by atoms with van der Waals surface area (Å²) in [5, 5.41) is 14.1. The quantitative estimate of drug-likeness (QED) is 0.423. The Kier molecular flexibility index (Phi) is 7.47. The molecule has 1 atom stereocenters. The fourth-order valence-electron chi connectivity index (χ4n) is 4.26. The summed E-state index contributed by atoms with van der Waals surface area (Å²) in [6.45, 7) is 3.35. The van der Waals surface area contributed by atoms with Crippen LogP contribution in [0, 0.1) is 15.9 Å². The number of amides is 3. The number of carbonyl (C=O) groups is 3. The summed E-state index contributed by atoms with van der Waals surface area (Å²) in [5.41, 5.74) is 1.09. The molecule has 1 aromatic heterocycles. The number of nitrogens with zero attached hydrogens (tertiary/aromatic N) is 5. The van der Waals surface area contributed by atoms with E-state index in [1.807, 2.05) is 9.80 Å². The van der Waals surface area contributed by atoms with Crippen molar-refractivity contribution in [2.75, 3.05) is 68.1 Å². The molecule has 14 heteroatoms. The van der Waals surface area contributed by atoms with E-state index in [4.69, 9.17) is 4.74 Å². The Morgan fingerprint density at radius 3 is 2.41 bits per heavy atom. The lowest BCUT2D eigenvalue weighted by Gasteiger charge is -2.36. The summed E-state index contributed by atoms with van der Waals surface area (Å²) in [4.78, 5) is 53.4. The van der Waals surface area contributed by atoms with Gasteiger partial charge in [0.25, 0.3) is 5.91 Å². The first-order valence-electron chi connectivity index (χ1n) is 11.6. The van der Waals surface area contributed by atoms with E-state index < -0.39 is 22.9 Å². The highest BCUT2D eigenvalue weighted by Gasteiger charge is 2.33. The van der Waals surface area contributed by atoms with Crippen LogP contribution in [0.4, 0.5) is 31.2 Å². The summed E-state index contributed by atoms with van der Waals surface area (Å²) in [6, 6.07) is 6.04. The first kappa shape index (κ1) is 26.1. The Morgan fingerprint density at radius 2 is 1.84 bits per heavy atom. The molecule has 0 unspecified atom stereocenters. The third-order valence-corrected chi connectivity index (χ3v) is 7.20. The highest BCUT2D eigenvalue weighted by atomic mass is 32.1. The van der Waals surface area contributed by atoms with Crippen molar-refractivity contribution in [1.29, 1.82) is 0 Å². The molecule has 2 fully saturated rings. The van der Waals surface area contributed by atoms with Crippen molar-refractivity contribution in [2.45, 2.75) is 13.0 Å². The van der Waals surface area contributed by atoms with Crippen molar-refractivity contribution >= 4 is 51.3 Å². The van der Waals surface area contributed by atoms with Gasteiger partial charge in [0.1, 0.15) is 22.5 Å². The molecule has 37 heavy (non-hydrogen) atoms. The number of hydrogen-bond acceptors (Lipinski definition) is 9. The average molecular weight is 535 g/mol. The van der Waals surface area contributed by atoms with E-state index in [0.717, 1.165) is 11.3 Å². The van der Waals surface area contributed by atoms with Gasteiger partial charge >= 0.3 is 11.1 Å². The van der Waals surface area contributed by atoms with Gasteiger partial charge in [-0.1, -0.05) is 11.3 Å². The third-order valence-electron chi connectivity index (χ3n) is 6.13. The highest BCUT2D eigenvalue weighted by Crippen LogP contribution is 2.39. The normalized spacial score (nSPS) is 17.6. The maximum atomic E-state index is 15.1. The van der Waals surface area contributed by atoms with Gasteiger partial charge in [-0.25, -0.2) is 9.18 Å². The molecular weight excluding hydrogens is 507 g/mol. The van der Waals surface area contributed by atoms with Gasteiger partial charge < -0.3 is 24.8 Å².